The van der Waals surface area contributed by atoms with Crippen LogP contribution in [-0.2, 0) is 4.79 Å². The summed E-state index contributed by atoms with van der Waals surface area (Å²) in [6.45, 7) is 2.06. The van der Waals surface area contributed by atoms with Gasteiger partial charge < -0.3 is 0 Å². The van der Waals surface area contributed by atoms with Gasteiger partial charge in [0.25, 0.3) is 0 Å². The summed E-state index contributed by atoms with van der Waals surface area (Å²) in [4.78, 5) is 9.91. The number of nitrogens with zero attached hydrogens (tertiary/aromatic N) is 1. The van der Waals surface area contributed by atoms with Crippen molar-refractivity contribution in [3.63, 3.8) is 0 Å². The van der Waals surface area contributed by atoms with Crippen LogP contribution in [0.4, 0.5) is 0 Å². The molecule has 0 aliphatic carbocycles. The van der Waals surface area contributed by atoms with Gasteiger partial charge in [-0.2, -0.15) is 5.26 Å². The molecular formula is C9H9NO. The molecule has 0 fully saturated rings. The molecule has 0 amide bonds. The smallest absolute Gasteiger partial charge is 0.185 e. The molecule has 0 saturated carbocycles. The molecule has 0 N–H and O–H groups in total. The summed E-state index contributed by atoms with van der Waals surface area (Å²) in [5, 5.41) is 8.23. The van der Waals surface area contributed by atoms with Crippen LogP contribution in [-0.4, -0.2) is 5.94 Å². The highest BCUT2D eigenvalue weighted by Crippen LogP contribution is 1.91. The lowest BCUT2D eigenvalue weighted by Gasteiger charge is -1.81. The van der Waals surface area contributed by atoms with E-state index in [1.54, 1.807) is 6.07 Å². The minimum Gasteiger partial charge on any atom is -0.231 e. The zero-order valence-electron chi connectivity index (χ0n) is 6.48. The number of carbonyl (C=O) groups excluding carboxylic acids is 1. The fourth-order valence-corrected chi connectivity index (χ4v) is 0.492. The molecule has 0 unspecified atom stereocenters. The molecule has 0 spiro atoms. The van der Waals surface area contributed by atoms with E-state index in [9.17, 15) is 4.79 Å². The highest BCUT2D eigenvalue weighted by Gasteiger charge is 1.84. The minimum atomic E-state index is -0.110. The summed E-state index contributed by atoms with van der Waals surface area (Å²) in [6, 6.07) is 1.65. The first-order valence-electron chi connectivity index (χ1n) is 3.49. The first kappa shape index (κ1) is 9.50. The lowest BCUT2D eigenvalue weighted by Crippen LogP contribution is -1.73. The molecule has 0 aromatic rings. The summed E-state index contributed by atoms with van der Waals surface area (Å²) < 4.78 is 0. The average molecular weight is 147 g/mol. The van der Waals surface area contributed by atoms with Gasteiger partial charge in [0.2, 0.25) is 0 Å². The van der Waals surface area contributed by atoms with E-state index in [1.165, 1.54) is 5.94 Å². The number of hydrogen-bond donors (Lipinski definition) is 0. The second-order valence-corrected chi connectivity index (χ2v) is 1.99. The Kier molecular flexibility index (Phi) is 5.72. The van der Waals surface area contributed by atoms with Crippen molar-refractivity contribution in [3.8, 4) is 17.9 Å². The average Bonchev–Trinajstić information content (AvgIpc) is 2.05. The maximum Gasteiger partial charge on any atom is 0.185 e. The summed E-state index contributed by atoms with van der Waals surface area (Å²) in [5.41, 5.74) is -0.110. The highest BCUT2D eigenvalue weighted by molar-refractivity contribution is 5.66. The van der Waals surface area contributed by atoms with Crippen LogP contribution in [0.2, 0.25) is 0 Å². The summed E-state index contributed by atoms with van der Waals surface area (Å²) >= 11 is 0. The van der Waals surface area contributed by atoms with Gasteiger partial charge in [0.1, 0.15) is 6.07 Å². The second-order valence-electron chi connectivity index (χ2n) is 1.99. The number of allylic oxidation sites excluding steroid dienone is 1. The van der Waals surface area contributed by atoms with E-state index in [-0.39, 0.29) is 5.57 Å². The Morgan fingerprint density at radius 3 is 2.73 bits per heavy atom. The fourth-order valence-electron chi connectivity index (χ4n) is 0.492. The van der Waals surface area contributed by atoms with Gasteiger partial charge in [-0.3, -0.25) is 0 Å². The zero-order valence-corrected chi connectivity index (χ0v) is 6.48. The van der Waals surface area contributed by atoms with E-state index in [4.69, 9.17) is 5.26 Å². The molecule has 2 heteroatoms. The van der Waals surface area contributed by atoms with E-state index >= 15 is 0 Å². The molecule has 0 bridgehead atoms. The van der Waals surface area contributed by atoms with Crippen LogP contribution in [0, 0.1) is 23.2 Å². The Labute approximate surface area is 66.5 Å². The maximum atomic E-state index is 9.91. The molecule has 0 atom stereocenters. The quantitative estimate of drug-likeness (QED) is 0.257. The number of hydrogen-bond acceptors (Lipinski definition) is 2. The Balaban J connectivity index is 3.89. The monoisotopic (exact) mass is 147 g/mol. The maximum absolute atomic E-state index is 9.91. The molecule has 0 aliphatic rings. The molecule has 0 heterocycles. The van der Waals surface area contributed by atoms with Crippen LogP contribution in [0.25, 0.3) is 0 Å². The molecule has 0 aromatic carbocycles. The Bertz CT molecular complexity index is 256. The lowest BCUT2D eigenvalue weighted by molar-refractivity contribution is 0.568. The van der Waals surface area contributed by atoms with Gasteiger partial charge in [-0.1, -0.05) is 19.3 Å². The van der Waals surface area contributed by atoms with Gasteiger partial charge in [-0.05, 0) is 12.3 Å². The minimum absolute atomic E-state index is 0.110. The predicted molar refractivity (Wildman–Crippen MR) is 42.1 cm³/mol. The Hall–Kier alpha value is -1.50. The topological polar surface area (TPSA) is 40.9 Å². The van der Waals surface area contributed by atoms with Gasteiger partial charge in [0, 0.05) is 6.42 Å². The van der Waals surface area contributed by atoms with Crippen molar-refractivity contribution in [1.29, 1.82) is 5.26 Å². The zero-order chi connectivity index (χ0) is 8.53. The molecule has 0 rings (SSSR count). The van der Waals surface area contributed by atoms with Crippen LogP contribution in [0.1, 0.15) is 26.2 Å². The molecule has 0 radical (unpaired) electrons. The third-order valence-electron chi connectivity index (χ3n) is 1.08. The predicted octanol–water partition coefficient (Wildman–Crippen LogP) is 1.46. The molecule has 11 heavy (non-hydrogen) atoms. The summed E-state index contributed by atoms with van der Waals surface area (Å²) in [6.07, 6.45) is 2.81. The molecule has 2 nitrogen and oxygen atoms in total. The van der Waals surface area contributed by atoms with Gasteiger partial charge >= 0.3 is 0 Å². The molecule has 56 valence electrons. The SMILES string of the molecule is CCCCC#CC(=C=O)C#N. The van der Waals surface area contributed by atoms with E-state index in [1.807, 2.05) is 0 Å². The van der Waals surface area contributed by atoms with Crippen LogP contribution in [0.3, 0.4) is 0 Å². The Morgan fingerprint density at radius 1 is 1.55 bits per heavy atom. The van der Waals surface area contributed by atoms with E-state index in [0.29, 0.717) is 0 Å². The van der Waals surface area contributed by atoms with Crippen molar-refractivity contribution < 1.29 is 4.79 Å². The van der Waals surface area contributed by atoms with Crippen molar-refractivity contribution in [2.45, 2.75) is 26.2 Å². The van der Waals surface area contributed by atoms with E-state index in [0.717, 1.165) is 19.3 Å². The van der Waals surface area contributed by atoms with Gasteiger partial charge in [0.15, 0.2) is 11.5 Å². The van der Waals surface area contributed by atoms with Crippen molar-refractivity contribution in [3.05, 3.63) is 5.57 Å². The second kappa shape index (κ2) is 6.62. The van der Waals surface area contributed by atoms with Crippen molar-refractivity contribution in [1.82, 2.24) is 0 Å². The van der Waals surface area contributed by atoms with Crippen LogP contribution < -0.4 is 0 Å². The van der Waals surface area contributed by atoms with E-state index < -0.39 is 0 Å². The number of unbranched alkanes of at least 4 members (excludes halogenated alkanes) is 2. The lowest BCUT2D eigenvalue weighted by atomic mass is 10.2. The summed E-state index contributed by atoms with van der Waals surface area (Å²) in [5.74, 6) is 6.61. The van der Waals surface area contributed by atoms with E-state index in [2.05, 4.69) is 18.8 Å². The molecule has 0 saturated heterocycles. The first-order chi connectivity index (χ1) is 5.35. The fraction of sp³-hybridized carbons (Fsp3) is 0.444. The van der Waals surface area contributed by atoms with Crippen LogP contribution in [0.5, 0.6) is 0 Å². The van der Waals surface area contributed by atoms with Crippen molar-refractivity contribution in [2.24, 2.45) is 0 Å². The van der Waals surface area contributed by atoms with Gasteiger partial charge in [-0.15, -0.1) is 0 Å². The standard InChI is InChI=1S/C9H9NO/c1-2-3-4-5-6-9(7-10)8-11/h2-4H2,1H3. The van der Waals surface area contributed by atoms with Crippen LogP contribution in [0.15, 0.2) is 5.57 Å². The number of rotatable bonds is 2. The van der Waals surface area contributed by atoms with Crippen molar-refractivity contribution in [2.75, 3.05) is 0 Å². The molecule has 0 aliphatic heterocycles. The largest absolute Gasteiger partial charge is 0.231 e. The third kappa shape index (κ3) is 4.97. The van der Waals surface area contributed by atoms with Gasteiger partial charge in [-0.25, -0.2) is 4.79 Å². The first-order valence-corrected chi connectivity index (χ1v) is 3.49. The van der Waals surface area contributed by atoms with Gasteiger partial charge in [0.05, 0.1) is 0 Å². The Morgan fingerprint density at radius 2 is 2.27 bits per heavy atom. The third-order valence-corrected chi connectivity index (χ3v) is 1.08. The number of nitriles is 1. The molecular weight excluding hydrogens is 138 g/mol. The summed E-state index contributed by atoms with van der Waals surface area (Å²) in [7, 11) is 0. The molecule has 0 aromatic heterocycles. The van der Waals surface area contributed by atoms with Crippen LogP contribution >= 0.6 is 0 Å². The highest BCUT2D eigenvalue weighted by atomic mass is 16.1. The normalized spacial score (nSPS) is 6.91. The van der Waals surface area contributed by atoms with Crippen molar-refractivity contribution >= 4 is 5.94 Å².